The highest BCUT2D eigenvalue weighted by Crippen LogP contribution is 2.26. The zero-order valence-electron chi connectivity index (χ0n) is 13.0. The van der Waals surface area contributed by atoms with E-state index in [0.717, 1.165) is 23.4 Å². The molecule has 110 valence electrons. The van der Waals surface area contributed by atoms with E-state index in [9.17, 15) is 0 Å². The first-order valence-electron chi connectivity index (χ1n) is 7.30. The van der Waals surface area contributed by atoms with Gasteiger partial charge in [0.2, 0.25) is 0 Å². The molecular weight excluding hydrogens is 258 g/mol. The average Bonchev–Trinajstić information content (AvgIpc) is 2.50. The van der Waals surface area contributed by atoms with E-state index in [1.165, 1.54) is 5.39 Å². The molecule has 1 heterocycles. The van der Waals surface area contributed by atoms with Gasteiger partial charge in [-0.25, -0.2) is 0 Å². The van der Waals surface area contributed by atoms with Gasteiger partial charge in [0.1, 0.15) is 0 Å². The smallest absolute Gasteiger partial charge is 0.0935 e. The molecule has 3 nitrogen and oxygen atoms in total. The first-order chi connectivity index (χ1) is 10.2. The minimum atomic E-state index is 0.374. The van der Waals surface area contributed by atoms with Crippen LogP contribution in [-0.4, -0.2) is 17.6 Å². The number of anilines is 1. The minimum Gasteiger partial charge on any atom is -0.364 e. The van der Waals surface area contributed by atoms with Crippen LogP contribution in [0.15, 0.2) is 61.1 Å². The summed E-state index contributed by atoms with van der Waals surface area (Å²) in [4.78, 5) is 6.91. The standard InChI is InChI=1S/C18H23N3/c1-5-16(19-6-2)13-21(14(3)4)17-11-7-9-15-10-8-12-20-18(15)17/h5-12,14,19H,2,13H2,1,3-4H3/b16-5-. The van der Waals surface area contributed by atoms with Crippen molar-refractivity contribution in [3.05, 3.63) is 61.1 Å². The zero-order valence-corrected chi connectivity index (χ0v) is 13.0. The predicted octanol–water partition coefficient (Wildman–Crippen LogP) is 4.09. The first-order valence-corrected chi connectivity index (χ1v) is 7.30. The van der Waals surface area contributed by atoms with Crippen LogP contribution in [0.1, 0.15) is 20.8 Å². The molecule has 1 N–H and O–H groups in total. The highest BCUT2D eigenvalue weighted by molar-refractivity contribution is 5.90. The first kappa shape index (κ1) is 15.1. The molecule has 0 fully saturated rings. The summed E-state index contributed by atoms with van der Waals surface area (Å²) in [7, 11) is 0. The van der Waals surface area contributed by atoms with Crippen LogP contribution in [0.4, 0.5) is 5.69 Å². The molecule has 0 aliphatic rings. The molecule has 0 bridgehead atoms. The van der Waals surface area contributed by atoms with Gasteiger partial charge in [0.05, 0.1) is 17.7 Å². The molecule has 0 aliphatic heterocycles. The summed E-state index contributed by atoms with van der Waals surface area (Å²) >= 11 is 0. The summed E-state index contributed by atoms with van der Waals surface area (Å²) in [5.41, 5.74) is 3.34. The number of allylic oxidation sites excluding steroid dienone is 1. The van der Waals surface area contributed by atoms with Gasteiger partial charge in [-0.15, -0.1) is 0 Å². The number of pyridine rings is 1. The Hall–Kier alpha value is -2.29. The van der Waals surface area contributed by atoms with Crippen LogP contribution < -0.4 is 10.2 Å². The van der Waals surface area contributed by atoms with Gasteiger partial charge in [-0.2, -0.15) is 0 Å². The molecule has 1 aromatic carbocycles. The van der Waals surface area contributed by atoms with Gasteiger partial charge in [0.15, 0.2) is 0 Å². The lowest BCUT2D eigenvalue weighted by molar-refractivity contribution is 0.700. The Morgan fingerprint density at radius 2 is 2.10 bits per heavy atom. The fourth-order valence-electron chi connectivity index (χ4n) is 2.40. The molecule has 2 aromatic rings. The summed E-state index contributed by atoms with van der Waals surface area (Å²) in [5.74, 6) is 0. The third kappa shape index (κ3) is 3.43. The summed E-state index contributed by atoms with van der Waals surface area (Å²) in [6.45, 7) is 11.0. The topological polar surface area (TPSA) is 28.2 Å². The Morgan fingerprint density at radius 3 is 2.76 bits per heavy atom. The number of aromatic nitrogens is 1. The fraction of sp³-hybridized carbons (Fsp3) is 0.278. The largest absolute Gasteiger partial charge is 0.364 e. The van der Waals surface area contributed by atoms with Crippen LogP contribution in [0.25, 0.3) is 10.9 Å². The van der Waals surface area contributed by atoms with Crippen molar-refractivity contribution < 1.29 is 0 Å². The van der Waals surface area contributed by atoms with E-state index in [2.05, 4.69) is 66.0 Å². The van der Waals surface area contributed by atoms with E-state index < -0.39 is 0 Å². The number of hydrogen-bond acceptors (Lipinski definition) is 3. The Bertz CT molecular complexity index is 638. The highest BCUT2D eigenvalue weighted by Gasteiger charge is 2.15. The maximum Gasteiger partial charge on any atom is 0.0935 e. The quantitative estimate of drug-likeness (QED) is 0.864. The van der Waals surface area contributed by atoms with Gasteiger partial charge in [-0.3, -0.25) is 4.98 Å². The van der Waals surface area contributed by atoms with Crippen LogP contribution >= 0.6 is 0 Å². The second-order valence-electron chi connectivity index (χ2n) is 5.24. The molecule has 2 rings (SSSR count). The van der Waals surface area contributed by atoms with Crippen molar-refractivity contribution >= 4 is 16.6 Å². The van der Waals surface area contributed by atoms with E-state index in [1.807, 2.05) is 19.2 Å². The molecule has 0 radical (unpaired) electrons. The molecule has 0 spiro atoms. The van der Waals surface area contributed by atoms with E-state index in [1.54, 1.807) is 6.20 Å². The van der Waals surface area contributed by atoms with E-state index in [4.69, 9.17) is 0 Å². The number of rotatable bonds is 6. The van der Waals surface area contributed by atoms with Gasteiger partial charge in [0.25, 0.3) is 0 Å². The molecule has 0 saturated carbocycles. The van der Waals surface area contributed by atoms with Gasteiger partial charge in [-0.05, 0) is 39.1 Å². The van der Waals surface area contributed by atoms with Crippen molar-refractivity contribution in [3.8, 4) is 0 Å². The number of nitrogens with one attached hydrogen (secondary N) is 1. The van der Waals surface area contributed by atoms with Crippen molar-refractivity contribution in [3.63, 3.8) is 0 Å². The summed E-state index contributed by atoms with van der Waals surface area (Å²) < 4.78 is 0. The van der Waals surface area contributed by atoms with Crippen molar-refractivity contribution in [2.45, 2.75) is 26.8 Å². The van der Waals surface area contributed by atoms with E-state index >= 15 is 0 Å². The minimum absolute atomic E-state index is 0.374. The number of nitrogens with zero attached hydrogens (tertiary/aromatic N) is 2. The van der Waals surface area contributed by atoms with Crippen LogP contribution in [-0.2, 0) is 0 Å². The lowest BCUT2D eigenvalue weighted by Crippen LogP contribution is -2.35. The van der Waals surface area contributed by atoms with Crippen LogP contribution in [0.2, 0.25) is 0 Å². The molecule has 0 atom stereocenters. The lowest BCUT2D eigenvalue weighted by atomic mass is 10.1. The molecule has 3 heteroatoms. The van der Waals surface area contributed by atoms with Gasteiger partial charge in [-0.1, -0.05) is 30.9 Å². The van der Waals surface area contributed by atoms with Crippen LogP contribution in [0.5, 0.6) is 0 Å². The van der Waals surface area contributed by atoms with Crippen molar-refractivity contribution in [1.29, 1.82) is 0 Å². The Morgan fingerprint density at radius 1 is 1.33 bits per heavy atom. The molecule has 0 unspecified atom stereocenters. The van der Waals surface area contributed by atoms with E-state index in [0.29, 0.717) is 6.04 Å². The summed E-state index contributed by atoms with van der Waals surface area (Å²) in [5, 5.41) is 4.36. The van der Waals surface area contributed by atoms with Crippen LogP contribution in [0, 0.1) is 0 Å². The lowest BCUT2D eigenvalue weighted by Gasteiger charge is -2.30. The van der Waals surface area contributed by atoms with Gasteiger partial charge < -0.3 is 10.2 Å². The Kier molecular flexibility index (Phi) is 4.99. The maximum atomic E-state index is 4.56. The van der Waals surface area contributed by atoms with Crippen molar-refractivity contribution in [2.24, 2.45) is 0 Å². The monoisotopic (exact) mass is 281 g/mol. The van der Waals surface area contributed by atoms with Gasteiger partial charge in [0, 0.05) is 23.3 Å². The van der Waals surface area contributed by atoms with Crippen molar-refractivity contribution in [1.82, 2.24) is 10.3 Å². The Labute approximate surface area is 127 Å². The van der Waals surface area contributed by atoms with Gasteiger partial charge >= 0.3 is 0 Å². The summed E-state index contributed by atoms with van der Waals surface area (Å²) in [6, 6.07) is 10.8. The Balaban J connectivity index is 2.43. The number of para-hydroxylation sites is 1. The third-order valence-electron chi connectivity index (χ3n) is 3.52. The molecule has 0 saturated heterocycles. The number of benzene rings is 1. The van der Waals surface area contributed by atoms with Crippen molar-refractivity contribution in [2.75, 3.05) is 11.4 Å². The second kappa shape index (κ2) is 6.93. The molecule has 0 aliphatic carbocycles. The maximum absolute atomic E-state index is 4.56. The average molecular weight is 281 g/mol. The number of hydrogen-bond donors (Lipinski definition) is 1. The second-order valence-corrected chi connectivity index (χ2v) is 5.24. The SMILES string of the molecule is C=CN/C(=C\C)CN(c1cccc2cccnc12)C(C)C. The summed E-state index contributed by atoms with van der Waals surface area (Å²) in [6.07, 6.45) is 5.65. The fourth-order valence-corrected chi connectivity index (χ4v) is 2.40. The molecule has 0 amide bonds. The zero-order chi connectivity index (χ0) is 15.2. The number of fused-ring (bicyclic) bond motifs is 1. The van der Waals surface area contributed by atoms with Crippen LogP contribution in [0.3, 0.4) is 0 Å². The normalized spacial score (nSPS) is 11.7. The molecule has 21 heavy (non-hydrogen) atoms. The van der Waals surface area contributed by atoms with E-state index in [-0.39, 0.29) is 0 Å². The third-order valence-corrected chi connectivity index (χ3v) is 3.52. The predicted molar refractivity (Wildman–Crippen MR) is 91.3 cm³/mol. The molecular formula is C18H23N3. The molecule has 1 aromatic heterocycles. The highest BCUT2D eigenvalue weighted by atomic mass is 15.2.